The summed E-state index contributed by atoms with van der Waals surface area (Å²) in [5.74, 6) is -0.812. The monoisotopic (exact) mass is 261 g/mol. The second-order valence-corrected chi connectivity index (χ2v) is 3.62. The number of ether oxygens (including phenoxy) is 2. The molecule has 98 valence electrons. The van der Waals surface area contributed by atoms with Crippen LogP contribution in [0.5, 0.6) is 0 Å². The molecule has 1 aromatic carbocycles. The number of hydrogen-bond donors (Lipinski definition) is 0. The number of benzene rings is 1. The molecule has 6 nitrogen and oxygen atoms in total. The van der Waals surface area contributed by atoms with Crippen molar-refractivity contribution in [3.8, 4) is 11.5 Å². The summed E-state index contributed by atoms with van der Waals surface area (Å²) < 4.78 is 14.4. The largest absolute Gasteiger partial charge is 0.465 e. The third-order valence-corrected chi connectivity index (χ3v) is 2.45. The molecule has 0 aliphatic carbocycles. The molecule has 6 heteroatoms. The Kier molecular flexibility index (Phi) is 3.61. The van der Waals surface area contributed by atoms with Gasteiger partial charge in [0.1, 0.15) is 6.26 Å². The summed E-state index contributed by atoms with van der Waals surface area (Å²) in [6.07, 6.45) is 2.87. The fraction of sp³-hybridized carbons (Fsp3) is 0.154. The lowest BCUT2D eigenvalue weighted by atomic mass is 10.1. The molecule has 0 aliphatic heterocycles. The maximum Gasteiger partial charge on any atom is 0.337 e. The Hall–Kier alpha value is -2.63. The molecule has 0 atom stereocenters. The number of oxazole rings is 1. The molecule has 0 radical (unpaired) electrons. The molecule has 0 spiro atoms. The average molecular weight is 261 g/mol. The number of methoxy groups -OCH3 is 2. The minimum Gasteiger partial charge on any atom is -0.465 e. The van der Waals surface area contributed by atoms with Gasteiger partial charge in [0.2, 0.25) is 5.89 Å². The number of esters is 2. The fourth-order valence-corrected chi connectivity index (χ4v) is 1.59. The molecule has 0 saturated heterocycles. The van der Waals surface area contributed by atoms with Gasteiger partial charge in [0.25, 0.3) is 0 Å². The van der Waals surface area contributed by atoms with E-state index in [0.717, 1.165) is 0 Å². The van der Waals surface area contributed by atoms with Gasteiger partial charge < -0.3 is 13.9 Å². The Morgan fingerprint density at radius 1 is 1.05 bits per heavy atom. The van der Waals surface area contributed by atoms with Crippen LogP contribution < -0.4 is 0 Å². The highest BCUT2D eigenvalue weighted by Gasteiger charge is 2.16. The second-order valence-electron chi connectivity index (χ2n) is 3.62. The molecule has 0 N–H and O–H groups in total. The third kappa shape index (κ3) is 2.62. The average Bonchev–Trinajstić information content (AvgIpc) is 2.99. The molecule has 0 amide bonds. The third-order valence-electron chi connectivity index (χ3n) is 2.45. The summed E-state index contributed by atoms with van der Waals surface area (Å²) in [4.78, 5) is 27.1. The summed E-state index contributed by atoms with van der Waals surface area (Å²) in [5, 5.41) is 0. The zero-order chi connectivity index (χ0) is 13.8. The fourth-order valence-electron chi connectivity index (χ4n) is 1.59. The molecule has 19 heavy (non-hydrogen) atoms. The number of carbonyl (C=O) groups excluding carboxylic acids is 2. The van der Waals surface area contributed by atoms with E-state index in [0.29, 0.717) is 11.5 Å². The van der Waals surface area contributed by atoms with Gasteiger partial charge in [-0.2, -0.15) is 0 Å². The van der Waals surface area contributed by atoms with Gasteiger partial charge >= 0.3 is 11.9 Å². The van der Waals surface area contributed by atoms with Crippen LogP contribution in [0.1, 0.15) is 20.7 Å². The number of hydrogen-bond acceptors (Lipinski definition) is 6. The molecule has 0 saturated carbocycles. The van der Waals surface area contributed by atoms with E-state index in [1.165, 1.54) is 44.9 Å². The zero-order valence-electron chi connectivity index (χ0n) is 10.4. The Balaban J connectivity index is 2.55. The van der Waals surface area contributed by atoms with Gasteiger partial charge in [-0.05, 0) is 18.2 Å². The van der Waals surface area contributed by atoms with Crippen molar-refractivity contribution in [2.45, 2.75) is 0 Å². The van der Waals surface area contributed by atoms with Crippen LogP contribution in [-0.4, -0.2) is 31.1 Å². The van der Waals surface area contributed by atoms with Crippen molar-refractivity contribution in [3.63, 3.8) is 0 Å². The first-order valence-electron chi connectivity index (χ1n) is 5.37. The predicted octanol–water partition coefficient (Wildman–Crippen LogP) is 1.91. The zero-order valence-corrected chi connectivity index (χ0v) is 10.4. The molecule has 1 aromatic heterocycles. The van der Waals surface area contributed by atoms with E-state index < -0.39 is 11.9 Å². The van der Waals surface area contributed by atoms with Gasteiger partial charge in [-0.25, -0.2) is 14.6 Å². The van der Waals surface area contributed by atoms with Gasteiger partial charge in [0, 0.05) is 5.56 Å². The van der Waals surface area contributed by atoms with Crippen LogP contribution in [0.3, 0.4) is 0 Å². The smallest absolute Gasteiger partial charge is 0.337 e. The van der Waals surface area contributed by atoms with Gasteiger partial charge in [-0.1, -0.05) is 0 Å². The lowest BCUT2D eigenvalue weighted by molar-refractivity contribution is 0.0599. The predicted molar refractivity (Wildman–Crippen MR) is 64.6 cm³/mol. The van der Waals surface area contributed by atoms with Crippen LogP contribution in [0.25, 0.3) is 11.5 Å². The lowest BCUT2D eigenvalue weighted by Crippen LogP contribution is -2.07. The molecule has 1 heterocycles. The number of carbonyl (C=O) groups is 2. The number of aromatic nitrogens is 1. The molecule has 0 fully saturated rings. The molecule has 0 aliphatic rings. The van der Waals surface area contributed by atoms with Crippen molar-refractivity contribution in [3.05, 3.63) is 41.8 Å². The normalized spacial score (nSPS) is 10.0. The number of nitrogens with zero attached hydrogens (tertiary/aromatic N) is 1. The minimum atomic E-state index is -0.557. The van der Waals surface area contributed by atoms with Crippen LogP contribution in [0, 0.1) is 0 Å². The maximum absolute atomic E-state index is 11.6. The van der Waals surface area contributed by atoms with E-state index in [1.54, 1.807) is 0 Å². The second kappa shape index (κ2) is 5.34. The number of rotatable bonds is 3. The molecule has 0 bridgehead atoms. The molecule has 2 aromatic rings. The molecule has 2 rings (SSSR count). The minimum absolute atomic E-state index is 0.221. The Morgan fingerprint density at radius 2 is 1.63 bits per heavy atom. The molecular weight excluding hydrogens is 250 g/mol. The van der Waals surface area contributed by atoms with Gasteiger partial charge in [-0.3, -0.25) is 0 Å². The van der Waals surface area contributed by atoms with Crippen LogP contribution in [0.4, 0.5) is 0 Å². The molecular formula is C13H11NO5. The van der Waals surface area contributed by atoms with Gasteiger partial charge in [0.05, 0.1) is 31.5 Å². The van der Waals surface area contributed by atoms with Crippen molar-refractivity contribution in [1.29, 1.82) is 0 Å². The van der Waals surface area contributed by atoms with Crippen molar-refractivity contribution >= 4 is 11.9 Å². The summed E-state index contributed by atoms with van der Waals surface area (Å²) in [5.41, 5.74) is 0.936. The first kappa shape index (κ1) is 12.8. The first-order chi connectivity index (χ1) is 9.15. The van der Waals surface area contributed by atoms with E-state index in [2.05, 4.69) is 14.5 Å². The molecule has 0 unspecified atom stereocenters. The van der Waals surface area contributed by atoms with E-state index in [-0.39, 0.29) is 11.1 Å². The van der Waals surface area contributed by atoms with E-state index >= 15 is 0 Å². The van der Waals surface area contributed by atoms with Gasteiger partial charge in [0.15, 0.2) is 0 Å². The van der Waals surface area contributed by atoms with E-state index in [9.17, 15) is 9.59 Å². The van der Waals surface area contributed by atoms with Crippen LogP contribution in [0.15, 0.2) is 35.1 Å². The summed E-state index contributed by atoms with van der Waals surface area (Å²) in [6, 6.07) is 4.46. The summed E-state index contributed by atoms with van der Waals surface area (Å²) in [6.45, 7) is 0. The first-order valence-corrected chi connectivity index (χ1v) is 5.37. The van der Waals surface area contributed by atoms with Crippen molar-refractivity contribution in [2.75, 3.05) is 14.2 Å². The Bertz CT molecular complexity index is 569. The maximum atomic E-state index is 11.6. The quantitative estimate of drug-likeness (QED) is 0.785. The standard InChI is InChI=1S/C13H11NO5/c1-17-12(15)9-5-8(11-14-3-4-19-11)6-10(7-9)13(16)18-2/h3-7H,1-2H3. The highest BCUT2D eigenvalue weighted by Crippen LogP contribution is 2.22. The topological polar surface area (TPSA) is 78.6 Å². The van der Waals surface area contributed by atoms with Crippen LogP contribution in [0.2, 0.25) is 0 Å². The van der Waals surface area contributed by atoms with Crippen LogP contribution in [-0.2, 0) is 9.47 Å². The van der Waals surface area contributed by atoms with E-state index in [1.807, 2.05) is 0 Å². The Labute approximate surface area is 109 Å². The van der Waals surface area contributed by atoms with E-state index in [4.69, 9.17) is 4.42 Å². The summed E-state index contributed by atoms with van der Waals surface area (Å²) >= 11 is 0. The van der Waals surface area contributed by atoms with Gasteiger partial charge in [-0.15, -0.1) is 0 Å². The van der Waals surface area contributed by atoms with Crippen molar-refractivity contribution < 1.29 is 23.5 Å². The highest BCUT2D eigenvalue weighted by atomic mass is 16.5. The van der Waals surface area contributed by atoms with Crippen molar-refractivity contribution in [2.24, 2.45) is 0 Å². The highest BCUT2D eigenvalue weighted by molar-refractivity contribution is 5.97. The van der Waals surface area contributed by atoms with Crippen LogP contribution >= 0.6 is 0 Å². The summed E-state index contributed by atoms with van der Waals surface area (Å²) in [7, 11) is 2.52. The SMILES string of the molecule is COC(=O)c1cc(C(=O)OC)cc(-c2ncco2)c1. The Morgan fingerprint density at radius 3 is 2.05 bits per heavy atom. The lowest BCUT2D eigenvalue weighted by Gasteiger charge is -2.05. The van der Waals surface area contributed by atoms with Crippen molar-refractivity contribution in [1.82, 2.24) is 4.98 Å².